The Bertz CT molecular complexity index is 1480. The average molecular weight is 510 g/mol. The number of hydrogen-bond acceptors (Lipinski definition) is 6. The molecular weight excluding hydrogens is 474 g/mol. The summed E-state index contributed by atoms with van der Waals surface area (Å²) in [5, 5.41) is 0.773. The van der Waals surface area contributed by atoms with Crippen molar-refractivity contribution in [1.82, 2.24) is 19.4 Å². The Kier molecular flexibility index (Phi) is 6.96. The summed E-state index contributed by atoms with van der Waals surface area (Å²) in [7, 11) is 0. The molecule has 2 fully saturated rings. The van der Waals surface area contributed by atoms with Gasteiger partial charge in [0.2, 0.25) is 0 Å². The molecule has 1 aromatic carbocycles. The molecule has 2 aliphatic heterocycles. The molecule has 0 unspecified atom stereocenters. The number of aryl methyl sites for hydroxylation is 2. The summed E-state index contributed by atoms with van der Waals surface area (Å²) >= 11 is 0. The monoisotopic (exact) mass is 509 g/mol. The molecule has 0 saturated carbocycles. The Morgan fingerprint density at radius 2 is 1.87 bits per heavy atom. The Balaban J connectivity index is 1.37. The van der Waals surface area contributed by atoms with Crippen molar-refractivity contribution in [2.45, 2.75) is 51.9 Å². The van der Waals surface area contributed by atoms with Crippen LogP contribution < -0.4 is 10.3 Å². The van der Waals surface area contributed by atoms with Crippen LogP contribution in [0.1, 0.15) is 41.5 Å². The summed E-state index contributed by atoms with van der Waals surface area (Å²) < 4.78 is 7.95. The molecule has 6 rings (SSSR count). The van der Waals surface area contributed by atoms with Gasteiger partial charge in [0.25, 0.3) is 0 Å². The van der Waals surface area contributed by atoms with Gasteiger partial charge in [-0.3, -0.25) is 19.7 Å². The van der Waals surface area contributed by atoms with E-state index >= 15 is 0 Å². The van der Waals surface area contributed by atoms with Crippen molar-refractivity contribution in [3.63, 3.8) is 0 Å². The van der Waals surface area contributed by atoms with Gasteiger partial charge in [-0.05, 0) is 68.7 Å². The Labute approximate surface area is 223 Å². The van der Waals surface area contributed by atoms with Gasteiger partial charge >= 0.3 is 0 Å². The lowest BCUT2D eigenvalue weighted by Crippen LogP contribution is -2.48. The van der Waals surface area contributed by atoms with E-state index in [0.29, 0.717) is 25.8 Å². The fourth-order valence-electron chi connectivity index (χ4n) is 5.86. The van der Waals surface area contributed by atoms with E-state index in [1.165, 1.54) is 11.3 Å². The number of benzene rings is 1. The second-order valence-corrected chi connectivity index (χ2v) is 10.7. The molecule has 0 bridgehead atoms. The Morgan fingerprint density at radius 1 is 1.00 bits per heavy atom. The van der Waals surface area contributed by atoms with Crippen molar-refractivity contribution in [3.05, 3.63) is 99.9 Å². The number of fused-ring (bicyclic) bond motifs is 1. The van der Waals surface area contributed by atoms with E-state index in [4.69, 9.17) is 4.74 Å². The molecule has 0 N–H and O–H groups in total. The van der Waals surface area contributed by atoms with E-state index in [9.17, 15) is 4.79 Å². The summed E-state index contributed by atoms with van der Waals surface area (Å²) in [6.07, 6.45) is 6.12. The van der Waals surface area contributed by atoms with Crippen LogP contribution in [0, 0.1) is 13.8 Å². The molecule has 4 aromatic rings. The Morgan fingerprint density at radius 3 is 2.63 bits per heavy atom. The summed E-state index contributed by atoms with van der Waals surface area (Å²) in [4.78, 5) is 27.2. The van der Waals surface area contributed by atoms with Crippen molar-refractivity contribution in [3.8, 4) is 0 Å². The molecule has 5 heterocycles. The van der Waals surface area contributed by atoms with E-state index < -0.39 is 0 Å². The number of pyridine rings is 3. The average Bonchev–Trinajstić information content (AvgIpc) is 2.90. The van der Waals surface area contributed by atoms with Crippen LogP contribution in [0.25, 0.3) is 10.9 Å². The third kappa shape index (κ3) is 5.08. The summed E-state index contributed by atoms with van der Waals surface area (Å²) in [6, 6.07) is 19.0. The van der Waals surface area contributed by atoms with Gasteiger partial charge in [0.05, 0.1) is 36.7 Å². The first-order chi connectivity index (χ1) is 18.5. The highest BCUT2D eigenvalue weighted by Crippen LogP contribution is 2.28. The fourth-order valence-corrected chi connectivity index (χ4v) is 5.86. The van der Waals surface area contributed by atoms with Crippen LogP contribution >= 0.6 is 0 Å². The zero-order valence-corrected chi connectivity index (χ0v) is 22.2. The largest absolute Gasteiger partial charge is 0.377 e. The molecule has 0 aliphatic carbocycles. The van der Waals surface area contributed by atoms with Crippen LogP contribution in [0.3, 0.4) is 0 Å². The molecule has 3 aromatic heterocycles. The molecule has 2 aliphatic rings. The topological polar surface area (TPSA) is 63.5 Å². The van der Waals surface area contributed by atoms with Gasteiger partial charge in [-0.25, -0.2) is 0 Å². The molecule has 2 saturated heterocycles. The fraction of sp³-hybridized carbons (Fsp3) is 0.387. The van der Waals surface area contributed by atoms with E-state index in [2.05, 4.69) is 54.7 Å². The summed E-state index contributed by atoms with van der Waals surface area (Å²) in [5.41, 5.74) is 6.62. The highest BCUT2D eigenvalue weighted by atomic mass is 16.5. The van der Waals surface area contributed by atoms with Gasteiger partial charge < -0.3 is 14.2 Å². The van der Waals surface area contributed by atoms with E-state index in [0.717, 1.165) is 60.5 Å². The van der Waals surface area contributed by atoms with Gasteiger partial charge in [-0.2, -0.15) is 0 Å². The van der Waals surface area contributed by atoms with E-state index in [1.807, 2.05) is 50.5 Å². The van der Waals surface area contributed by atoms with Crippen molar-refractivity contribution in [2.75, 3.05) is 31.2 Å². The number of nitrogens with zero attached hydrogens (tertiary/aromatic N) is 5. The number of piperidine rings is 1. The van der Waals surface area contributed by atoms with Crippen LogP contribution in [0.15, 0.2) is 71.8 Å². The molecule has 0 radical (unpaired) electrons. The van der Waals surface area contributed by atoms with Crippen molar-refractivity contribution >= 4 is 16.6 Å². The molecule has 7 nitrogen and oxygen atoms in total. The van der Waals surface area contributed by atoms with E-state index in [1.54, 1.807) is 0 Å². The highest BCUT2D eigenvalue weighted by Gasteiger charge is 2.29. The van der Waals surface area contributed by atoms with Crippen LogP contribution in [0.2, 0.25) is 0 Å². The minimum atomic E-state index is 0.0859. The second-order valence-electron chi connectivity index (χ2n) is 10.7. The zero-order chi connectivity index (χ0) is 26.1. The molecule has 7 heteroatoms. The minimum Gasteiger partial charge on any atom is -0.377 e. The van der Waals surface area contributed by atoms with E-state index in [-0.39, 0.29) is 11.5 Å². The number of hydrogen-bond donors (Lipinski definition) is 0. The first-order valence-corrected chi connectivity index (χ1v) is 13.6. The third-order valence-corrected chi connectivity index (χ3v) is 7.91. The first-order valence-electron chi connectivity index (χ1n) is 13.6. The minimum absolute atomic E-state index is 0.0859. The van der Waals surface area contributed by atoms with Crippen LogP contribution in [-0.4, -0.2) is 51.8 Å². The quantitative estimate of drug-likeness (QED) is 0.361. The van der Waals surface area contributed by atoms with Crippen LogP contribution in [0.4, 0.5) is 5.69 Å². The second kappa shape index (κ2) is 10.7. The lowest BCUT2D eigenvalue weighted by atomic mass is 10.0. The van der Waals surface area contributed by atoms with Gasteiger partial charge in [0.15, 0.2) is 5.43 Å². The smallest absolute Gasteiger partial charge is 0.189 e. The lowest BCUT2D eigenvalue weighted by molar-refractivity contribution is -0.0237. The molecule has 38 heavy (non-hydrogen) atoms. The summed E-state index contributed by atoms with van der Waals surface area (Å²) in [5.74, 6) is 0. The molecule has 0 spiro atoms. The van der Waals surface area contributed by atoms with Gasteiger partial charge in [0, 0.05) is 67.0 Å². The van der Waals surface area contributed by atoms with Crippen molar-refractivity contribution < 1.29 is 4.74 Å². The molecule has 1 atom stereocenters. The van der Waals surface area contributed by atoms with Gasteiger partial charge in [-0.1, -0.05) is 12.1 Å². The normalized spacial score (nSPS) is 18.2. The first kappa shape index (κ1) is 24.8. The Hall–Kier alpha value is -3.55. The SMILES string of the molecule is Cc1ccc(N2CCC[C@H](N(Cc3ccnc(C)c3)Cc3cc(=O)c4ccccc4n3C3COC3)C2)cn1. The maximum Gasteiger partial charge on any atom is 0.189 e. The molecule has 0 amide bonds. The maximum atomic E-state index is 13.2. The lowest BCUT2D eigenvalue weighted by Gasteiger charge is -2.41. The standard InChI is InChI=1S/C31H35N5O2/c1-22-9-10-25(16-33-22)34-13-5-6-26(18-34)35(17-24-11-12-32-23(2)14-24)19-27-15-31(37)29-7-3-4-8-30(29)36(27)28-20-38-21-28/h3-4,7-12,14-16,26,28H,5-6,13,17-21H2,1-2H3/t26-/m0/s1. The van der Waals surface area contributed by atoms with Crippen molar-refractivity contribution in [2.24, 2.45) is 0 Å². The number of para-hydroxylation sites is 1. The predicted octanol–water partition coefficient (Wildman–Crippen LogP) is 4.65. The van der Waals surface area contributed by atoms with Crippen molar-refractivity contribution in [1.29, 1.82) is 0 Å². The number of ether oxygens (including phenoxy) is 1. The van der Waals surface area contributed by atoms with Crippen LogP contribution in [0.5, 0.6) is 0 Å². The third-order valence-electron chi connectivity index (χ3n) is 7.91. The number of rotatable bonds is 7. The molecular formula is C31H35N5O2. The maximum absolute atomic E-state index is 13.2. The van der Waals surface area contributed by atoms with Crippen LogP contribution in [-0.2, 0) is 17.8 Å². The number of aromatic nitrogens is 3. The molecule has 196 valence electrons. The zero-order valence-electron chi connectivity index (χ0n) is 22.2. The number of anilines is 1. The summed E-state index contributed by atoms with van der Waals surface area (Å²) in [6.45, 7) is 8.89. The highest BCUT2D eigenvalue weighted by molar-refractivity contribution is 5.79. The predicted molar refractivity (Wildman–Crippen MR) is 150 cm³/mol. The van der Waals surface area contributed by atoms with Gasteiger partial charge in [0.1, 0.15) is 0 Å². The van der Waals surface area contributed by atoms with Gasteiger partial charge in [-0.15, -0.1) is 0 Å².